The summed E-state index contributed by atoms with van der Waals surface area (Å²) in [6.07, 6.45) is -0.637. The summed E-state index contributed by atoms with van der Waals surface area (Å²) in [4.78, 5) is 11.6. The van der Waals surface area contributed by atoms with Gasteiger partial charge in [-0.25, -0.2) is 4.79 Å². The van der Waals surface area contributed by atoms with Crippen LogP contribution in [0.3, 0.4) is 0 Å². The van der Waals surface area contributed by atoms with Gasteiger partial charge in [-0.15, -0.1) is 4.53 Å². The standard InChI is InChI=1S/C12H17ClN2O2/c1-9-7-5-6-8-10(9)14-15(13)11(16)17-12(2,3)4/h5-8,14H,1-4H3. The molecule has 94 valence electrons. The molecule has 1 amide bonds. The number of ether oxygens (including phenoxy) is 1. The van der Waals surface area contributed by atoms with Gasteiger partial charge in [0.25, 0.3) is 0 Å². The highest BCUT2D eigenvalue weighted by molar-refractivity contribution is 6.20. The van der Waals surface area contributed by atoms with Crippen molar-refractivity contribution < 1.29 is 9.53 Å². The van der Waals surface area contributed by atoms with Crippen molar-refractivity contribution >= 4 is 23.6 Å². The van der Waals surface area contributed by atoms with E-state index in [2.05, 4.69) is 5.43 Å². The molecule has 0 aromatic heterocycles. The number of carbonyl (C=O) groups is 1. The first-order valence-electron chi connectivity index (χ1n) is 5.31. The predicted molar refractivity (Wildman–Crippen MR) is 68.7 cm³/mol. The molecule has 0 saturated carbocycles. The molecule has 1 aromatic carbocycles. The van der Waals surface area contributed by atoms with Gasteiger partial charge < -0.3 is 4.74 Å². The van der Waals surface area contributed by atoms with Crippen molar-refractivity contribution in [2.24, 2.45) is 0 Å². The Kier molecular flexibility index (Phi) is 4.23. The van der Waals surface area contributed by atoms with Gasteiger partial charge in [0, 0.05) is 11.8 Å². The number of hydrogen-bond donors (Lipinski definition) is 1. The fourth-order valence-corrected chi connectivity index (χ4v) is 1.28. The van der Waals surface area contributed by atoms with Crippen molar-refractivity contribution in [1.29, 1.82) is 0 Å². The minimum absolute atomic E-state index is 0.572. The Morgan fingerprint density at radius 1 is 1.35 bits per heavy atom. The van der Waals surface area contributed by atoms with Crippen molar-refractivity contribution in [2.45, 2.75) is 33.3 Å². The predicted octanol–water partition coefficient (Wildman–Crippen LogP) is 3.71. The molecule has 0 radical (unpaired) electrons. The second kappa shape index (κ2) is 5.27. The van der Waals surface area contributed by atoms with Gasteiger partial charge in [-0.2, -0.15) is 0 Å². The number of benzene rings is 1. The molecule has 0 saturated heterocycles. The largest absolute Gasteiger partial charge is 0.444 e. The van der Waals surface area contributed by atoms with Gasteiger partial charge >= 0.3 is 6.09 Å². The highest BCUT2D eigenvalue weighted by atomic mass is 35.5. The number of rotatable bonds is 2. The number of halogens is 1. The molecule has 0 unspecified atom stereocenters. The van der Waals surface area contributed by atoms with Crippen LogP contribution in [0.25, 0.3) is 0 Å². The normalized spacial score (nSPS) is 10.9. The molecule has 4 nitrogen and oxygen atoms in total. The maximum Gasteiger partial charge on any atom is 0.444 e. The van der Waals surface area contributed by atoms with E-state index in [-0.39, 0.29) is 0 Å². The molecule has 17 heavy (non-hydrogen) atoms. The van der Waals surface area contributed by atoms with E-state index in [9.17, 15) is 4.79 Å². The lowest BCUT2D eigenvalue weighted by Crippen LogP contribution is -2.34. The monoisotopic (exact) mass is 256 g/mol. The number of aryl methyl sites for hydroxylation is 1. The fraction of sp³-hybridized carbons (Fsp3) is 0.417. The zero-order valence-corrected chi connectivity index (χ0v) is 11.2. The third kappa shape index (κ3) is 4.53. The Morgan fingerprint density at radius 2 is 1.94 bits per heavy atom. The molecular formula is C12H17ClN2O2. The summed E-state index contributed by atoms with van der Waals surface area (Å²) in [5.41, 5.74) is 3.93. The second-order valence-corrected chi connectivity index (χ2v) is 5.03. The Bertz CT molecular complexity index is 402. The van der Waals surface area contributed by atoms with E-state index < -0.39 is 11.7 Å². The number of anilines is 1. The Balaban J connectivity index is 2.64. The first-order chi connectivity index (χ1) is 7.79. The summed E-state index contributed by atoms with van der Waals surface area (Å²) in [5, 5.41) is 0. The molecule has 0 fully saturated rings. The minimum atomic E-state index is -0.637. The van der Waals surface area contributed by atoms with Crippen LogP contribution in [-0.4, -0.2) is 16.2 Å². The number of hydrogen-bond acceptors (Lipinski definition) is 3. The number of nitrogens with one attached hydrogen (secondary N) is 1. The summed E-state index contributed by atoms with van der Waals surface area (Å²) in [5.74, 6) is 0. The van der Waals surface area contributed by atoms with Gasteiger partial charge in [-0.1, -0.05) is 18.2 Å². The van der Waals surface area contributed by atoms with Crippen molar-refractivity contribution in [3.8, 4) is 0 Å². The van der Waals surface area contributed by atoms with Crippen LogP contribution in [0.1, 0.15) is 26.3 Å². The molecule has 1 rings (SSSR count). The van der Waals surface area contributed by atoms with Gasteiger partial charge in [-0.3, -0.25) is 5.43 Å². The maximum atomic E-state index is 11.6. The molecule has 1 N–H and O–H groups in total. The number of amides is 1. The van der Waals surface area contributed by atoms with Crippen molar-refractivity contribution in [2.75, 3.05) is 5.43 Å². The van der Waals surface area contributed by atoms with Crippen molar-refractivity contribution in [1.82, 2.24) is 4.53 Å². The molecule has 0 atom stereocenters. The summed E-state index contributed by atoms with van der Waals surface area (Å²) >= 11 is 5.79. The topological polar surface area (TPSA) is 41.6 Å². The number of para-hydroxylation sites is 1. The lowest BCUT2D eigenvalue weighted by atomic mass is 10.2. The molecule has 0 aliphatic carbocycles. The van der Waals surface area contributed by atoms with Gasteiger partial charge in [0.1, 0.15) is 5.60 Å². The van der Waals surface area contributed by atoms with Crippen molar-refractivity contribution in [3.63, 3.8) is 0 Å². The zero-order chi connectivity index (χ0) is 13.1. The van der Waals surface area contributed by atoms with Crippen LogP contribution in [-0.2, 0) is 4.74 Å². The van der Waals surface area contributed by atoms with Gasteiger partial charge in [0.15, 0.2) is 0 Å². The van der Waals surface area contributed by atoms with Gasteiger partial charge in [0.2, 0.25) is 0 Å². The smallest absolute Gasteiger partial charge is 0.442 e. The maximum absolute atomic E-state index is 11.6. The average Bonchev–Trinajstić information content (AvgIpc) is 2.18. The highest BCUT2D eigenvalue weighted by Crippen LogP contribution is 2.17. The lowest BCUT2D eigenvalue weighted by Gasteiger charge is -2.23. The van der Waals surface area contributed by atoms with Crippen molar-refractivity contribution in [3.05, 3.63) is 29.8 Å². The van der Waals surface area contributed by atoms with E-state index in [0.29, 0.717) is 0 Å². The molecular weight excluding hydrogens is 240 g/mol. The Hall–Kier alpha value is -1.42. The summed E-state index contributed by atoms with van der Waals surface area (Å²) in [7, 11) is 0. The first kappa shape index (κ1) is 13.6. The summed E-state index contributed by atoms with van der Waals surface area (Å²) < 4.78 is 5.92. The summed E-state index contributed by atoms with van der Waals surface area (Å²) in [6.45, 7) is 7.26. The Morgan fingerprint density at radius 3 is 2.47 bits per heavy atom. The third-order valence-electron chi connectivity index (χ3n) is 1.92. The highest BCUT2D eigenvalue weighted by Gasteiger charge is 2.21. The van der Waals surface area contributed by atoms with Crippen LogP contribution in [0.2, 0.25) is 0 Å². The fourth-order valence-electron chi connectivity index (χ4n) is 1.15. The van der Waals surface area contributed by atoms with E-state index in [1.165, 1.54) is 0 Å². The van der Waals surface area contributed by atoms with E-state index in [1.54, 1.807) is 20.8 Å². The molecule has 1 aromatic rings. The molecule has 5 heteroatoms. The Labute approximate surface area is 107 Å². The van der Waals surface area contributed by atoms with Crippen LogP contribution in [0.5, 0.6) is 0 Å². The molecule has 0 aliphatic rings. The van der Waals surface area contributed by atoms with Crippen LogP contribution in [0.15, 0.2) is 24.3 Å². The van der Waals surface area contributed by atoms with E-state index in [4.69, 9.17) is 16.5 Å². The molecule has 0 aliphatic heterocycles. The van der Waals surface area contributed by atoms with Gasteiger partial charge in [-0.05, 0) is 39.3 Å². The lowest BCUT2D eigenvalue weighted by molar-refractivity contribution is 0.0421. The minimum Gasteiger partial charge on any atom is -0.442 e. The van der Waals surface area contributed by atoms with Crippen LogP contribution >= 0.6 is 11.8 Å². The number of carbonyl (C=O) groups excluding carboxylic acids is 1. The van der Waals surface area contributed by atoms with E-state index >= 15 is 0 Å². The average molecular weight is 257 g/mol. The zero-order valence-electron chi connectivity index (χ0n) is 10.5. The molecule has 0 bridgehead atoms. The van der Waals surface area contributed by atoms with Crippen LogP contribution in [0.4, 0.5) is 10.5 Å². The van der Waals surface area contributed by atoms with Gasteiger partial charge in [0.05, 0.1) is 5.69 Å². The molecule has 0 heterocycles. The quantitative estimate of drug-likeness (QED) is 0.648. The third-order valence-corrected chi connectivity index (χ3v) is 2.14. The SMILES string of the molecule is Cc1ccccc1NN(Cl)C(=O)OC(C)(C)C. The van der Waals surface area contributed by atoms with E-state index in [0.717, 1.165) is 15.8 Å². The van der Waals surface area contributed by atoms with Crippen LogP contribution in [0, 0.1) is 6.92 Å². The number of nitrogens with zero attached hydrogens (tertiary/aromatic N) is 1. The number of hydrazine groups is 1. The first-order valence-corrected chi connectivity index (χ1v) is 5.64. The van der Waals surface area contributed by atoms with E-state index in [1.807, 2.05) is 31.2 Å². The molecule has 0 spiro atoms. The second-order valence-electron chi connectivity index (χ2n) is 4.69. The van der Waals surface area contributed by atoms with Crippen LogP contribution < -0.4 is 5.43 Å². The summed E-state index contributed by atoms with van der Waals surface area (Å²) in [6, 6.07) is 7.51.